The molecule has 0 aromatic heterocycles. The Balaban J connectivity index is 2.59. The second kappa shape index (κ2) is 7.16. The van der Waals surface area contributed by atoms with Gasteiger partial charge in [0.25, 0.3) is 0 Å². The van der Waals surface area contributed by atoms with Crippen LogP contribution in [-0.4, -0.2) is 31.7 Å². The molecule has 0 atom stereocenters. The number of hydrogen-bond acceptors (Lipinski definition) is 4. The molecule has 0 amide bonds. The fraction of sp³-hybridized carbons (Fsp3) is 0.571. The fourth-order valence-corrected chi connectivity index (χ4v) is 3.93. The predicted molar refractivity (Wildman–Crippen MR) is 88.5 cm³/mol. The van der Waals surface area contributed by atoms with Crippen molar-refractivity contribution in [2.45, 2.75) is 37.8 Å². The van der Waals surface area contributed by atoms with E-state index in [1.165, 1.54) is 18.0 Å². The zero-order valence-electron chi connectivity index (χ0n) is 12.4. The summed E-state index contributed by atoms with van der Waals surface area (Å²) in [5, 5.41) is 4.08. The molecule has 0 saturated heterocycles. The van der Waals surface area contributed by atoms with Crippen LogP contribution in [0.4, 0.5) is 0 Å². The van der Waals surface area contributed by atoms with Crippen LogP contribution < -0.4 is 5.32 Å². The first-order valence-corrected chi connectivity index (χ1v) is 9.83. The van der Waals surface area contributed by atoms with Crippen molar-refractivity contribution in [3.05, 3.63) is 28.8 Å². The molecule has 114 valence electrons. The fourth-order valence-electron chi connectivity index (χ4n) is 1.44. The Bertz CT molecular complexity index is 551. The minimum atomic E-state index is -2.91. The van der Waals surface area contributed by atoms with E-state index in [1.54, 1.807) is 0 Å². The molecule has 0 fully saturated rings. The van der Waals surface area contributed by atoms with Gasteiger partial charge >= 0.3 is 0 Å². The maximum absolute atomic E-state index is 11.1. The average molecular weight is 336 g/mol. The number of sulfone groups is 1. The smallest absolute Gasteiger partial charge is 0.148 e. The topological polar surface area (TPSA) is 46.2 Å². The van der Waals surface area contributed by atoms with Crippen molar-refractivity contribution in [3.63, 3.8) is 0 Å². The molecular formula is C14H22ClNO2S2. The van der Waals surface area contributed by atoms with Crippen LogP contribution >= 0.6 is 23.4 Å². The van der Waals surface area contributed by atoms with Gasteiger partial charge in [0.1, 0.15) is 9.84 Å². The molecule has 3 nitrogen and oxygen atoms in total. The van der Waals surface area contributed by atoms with Gasteiger partial charge in [-0.1, -0.05) is 17.7 Å². The maximum Gasteiger partial charge on any atom is 0.148 e. The van der Waals surface area contributed by atoms with Gasteiger partial charge in [0.05, 0.1) is 10.8 Å². The molecule has 0 spiro atoms. The van der Waals surface area contributed by atoms with E-state index in [-0.39, 0.29) is 11.3 Å². The number of halogens is 1. The van der Waals surface area contributed by atoms with E-state index in [9.17, 15) is 8.42 Å². The van der Waals surface area contributed by atoms with Crippen molar-refractivity contribution < 1.29 is 8.42 Å². The van der Waals surface area contributed by atoms with Gasteiger partial charge in [-0.25, -0.2) is 8.42 Å². The Labute approximate surface area is 131 Å². The van der Waals surface area contributed by atoms with Crippen LogP contribution in [0.15, 0.2) is 23.1 Å². The molecule has 6 heteroatoms. The molecule has 1 aromatic carbocycles. The highest BCUT2D eigenvalue weighted by Gasteiger charge is 2.10. The van der Waals surface area contributed by atoms with E-state index in [0.29, 0.717) is 10.8 Å². The largest absolute Gasteiger partial charge is 0.308 e. The molecule has 0 unspecified atom stereocenters. The molecule has 0 radical (unpaired) electrons. The SMILES string of the molecule is CC(C)(C)NCc1ccc(SCCS(C)(=O)=O)c(Cl)c1. The van der Waals surface area contributed by atoms with Crippen molar-refractivity contribution in [2.24, 2.45) is 0 Å². The normalized spacial score (nSPS) is 12.7. The zero-order valence-corrected chi connectivity index (χ0v) is 14.8. The van der Waals surface area contributed by atoms with E-state index < -0.39 is 9.84 Å². The Morgan fingerprint density at radius 2 is 1.95 bits per heavy atom. The van der Waals surface area contributed by atoms with Crippen LogP contribution in [0.1, 0.15) is 26.3 Å². The average Bonchev–Trinajstić information content (AvgIpc) is 2.26. The first-order valence-electron chi connectivity index (χ1n) is 6.41. The highest BCUT2D eigenvalue weighted by atomic mass is 35.5. The summed E-state index contributed by atoms with van der Waals surface area (Å²) >= 11 is 7.71. The van der Waals surface area contributed by atoms with Crippen molar-refractivity contribution in [2.75, 3.05) is 17.8 Å². The number of thioether (sulfide) groups is 1. The summed E-state index contributed by atoms with van der Waals surface area (Å²) in [5.74, 6) is 0.694. The molecule has 1 N–H and O–H groups in total. The predicted octanol–water partition coefficient (Wildman–Crippen LogP) is 3.36. The summed E-state index contributed by atoms with van der Waals surface area (Å²) in [6, 6.07) is 5.91. The van der Waals surface area contributed by atoms with E-state index in [2.05, 4.69) is 26.1 Å². The lowest BCUT2D eigenvalue weighted by Gasteiger charge is -2.20. The lowest BCUT2D eigenvalue weighted by Crippen LogP contribution is -2.35. The second-order valence-corrected chi connectivity index (χ2v) is 9.65. The third-order valence-corrected chi connectivity index (χ3v) is 5.23. The summed E-state index contributed by atoms with van der Waals surface area (Å²) in [6.45, 7) is 7.11. The summed E-state index contributed by atoms with van der Waals surface area (Å²) < 4.78 is 22.2. The molecule has 20 heavy (non-hydrogen) atoms. The van der Waals surface area contributed by atoms with Crippen molar-refractivity contribution in [1.29, 1.82) is 0 Å². The highest BCUT2D eigenvalue weighted by Crippen LogP contribution is 2.28. The quantitative estimate of drug-likeness (QED) is 0.810. The first kappa shape index (κ1) is 17.8. The van der Waals surface area contributed by atoms with Gasteiger partial charge in [-0.2, -0.15) is 0 Å². The van der Waals surface area contributed by atoms with E-state index in [4.69, 9.17) is 11.6 Å². The molecule has 0 aliphatic carbocycles. The Morgan fingerprint density at radius 1 is 1.30 bits per heavy atom. The summed E-state index contributed by atoms with van der Waals surface area (Å²) in [7, 11) is -2.91. The van der Waals surface area contributed by atoms with Gasteiger partial charge in [0.15, 0.2) is 0 Å². The van der Waals surface area contributed by atoms with Gasteiger partial charge in [-0.05, 0) is 38.5 Å². The van der Waals surface area contributed by atoms with Crippen molar-refractivity contribution >= 4 is 33.2 Å². The first-order chi connectivity index (χ1) is 9.07. The van der Waals surface area contributed by atoms with Gasteiger partial charge < -0.3 is 5.32 Å². The van der Waals surface area contributed by atoms with Crippen LogP contribution in [0, 0.1) is 0 Å². The molecule has 1 rings (SSSR count). The molecule has 0 aliphatic rings. The second-order valence-electron chi connectivity index (χ2n) is 5.85. The van der Waals surface area contributed by atoms with Crippen molar-refractivity contribution in [1.82, 2.24) is 5.32 Å². The van der Waals surface area contributed by atoms with Gasteiger partial charge in [-0.3, -0.25) is 0 Å². The molecule has 0 aliphatic heterocycles. The summed E-state index contributed by atoms with van der Waals surface area (Å²) in [5.41, 5.74) is 1.19. The van der Waals surface area contributed by atoms with Gasteiger partial charge in [-0.15, -0.1) is 11.8 Å². The van der Waals surface area contributed by atoms with Crippen molar-refractivity contribution in [3.8, 4) is 0 Å². The Kier molecular flexibility index (Phi) is 6.38. The monoisotopic (exact) mass is 335 g/mol. The molecule has 0 heterocycles. The lowest BCUT2D eigenvalue weighted by molar-refractivity contribution is 0.424. The Hall–Kier alpha value is -0.230. The molecule has 1 aromatic rings. The van der Waals surface area contributed by atoms with Crippen LogP contribution in [0.3, 0.4) is 0 Å². The van der Waals surface area contributed by atoms with E-state index in [0.717, 1.165) is 17.0 Å². The number of benzene rings is 1. The van der Waals surface area contributed by atoms with E-state index in [1.807, 2.05) is 18.2 Å². The standard InChI is InChI=1S/C14H22ClNO2S2/c1-14(2,3)16-10-11-5-6-13(12(15)9-11)19-7-8-20(4,17)18/h5-6,9,16H,7-8,10H2,1-4H3. The highest BCUT2D eigenvalue weighted by molar-refractivity contribution is 8.00. The minimum absolute atomic E-state index is 0.0649. The third kappa shape index (κ3) is 7.53. The third-order valence-electron chi connectivity index (χ3n) is 2.53. The number of nitrogens with one attached hydrogen (secondary N) is 1. The molecule has 0 bridgehead atoms. The molecule has 0 saturated carbocycles. The van der Waals surface area contributed by atoms with Gasteiger partial charge in [0.2, 0.25) is 0 Å². The lowest BCUT2D eigenvalue weighted by atomic mass is 10.1. The van der Waals surface area contributed by atoms with Crippen LogP contribution in [0.5, 0.6) is 0 Å². The Morgan fingerprint density at radius 3 is 2.45 bits per heavy atom. The van der Waals surface area contributed by atoms with Crippen LogP contribution in [0.2, 0.25) is 5.02 Å². The summed E-state index contributed by atoms with van der Waals surface area (Å²) in [6.07, 6.45) is 1.25. The van der Waals surface area contributed by atoms with Gasteiger partial charge in [0, 0.05) is 29.0 Å². The van der Waals surface area contributed by atoms with E-state index >= 15 is 0 Å². The summed E-state index contributed by atoms with van der Waals surface area (Å²) in [4.78, 5) is 0.926. The minimum Gasteiger partial charge on any atom is -0.308 e. The molecular weight excluding hydrogens is 314 g/mol. The van der Waals surface area contributed by atoms with Crippen LogP contribution in [-0.2, 0) is 16.4 Å². The van der Waals surface area contributed by atoms with Crippen LogP contribution in [0.25, 0.3) is 0 Å². The maximum atomic E-state index is 11.1. The number of hydrogen-bond donors (Lipinski definition) is 1. The zero-order chi connectivity index (χ0) is 15.4. The number of rotatable bonds is 6.